The van der Waals surface area contributed by atoms with Crippen molar-refractivity contribution < 1.29 is 17.9 Å². The van der Waals surface area contributed by atoms with Gasteiger partial charge in [-0.2, -0.15) is 0 Å². The fraction of sp³-hybridized carbons (Fsp3) is 0.600. The number of hydrogen-bond acceptors (Lipinski definition) is 7. The summed E-state index contributed by atoms with van der Waals surface area (Å²) in [5.41, 5.74) is 8.64. The molecule has 0 atom stereocenters. The van der Waals surface area contributed by atoms with E-state index in [0.29, 0.717) is 31.4 Å². The molecule has 10 nitrogen and oxygen atoms in total. The lowest BCUT2D eigenvalue weighted by molar-refractivity contribution is -0.129. The number of nitrogens with two attached hydrogens (primary N) is 1. The lowest BCUT2D eigenvalue weighted by Gasteiger charge is -2.43. The Morgan fingerprint density at radius 2 is 1.73 bits per heavy atom. The summed E-state index contributed by atoms with van der Waals surface area (Å²) in [6.45, 7) is 14.1. The summed E-state index contributed by atoms with van der Waals surface area (Å²) < 4.78 is 30.9. The van der Waals surface area contributed by atoms with Crippen LogP contribution in [0.25, 0.3) is 0 Å². The van der Waals surface area contributed by atoms with E-state index in [1.165, 1.54) is 23.2 Å². The molecule has 0 bridgehead atoms. The van der Waals surface area contributed by atoms with Crippen LogP contribution in [0.2, 0.25) is 0 Å². The SMILES string of the molecule is C=C(NCc1ccc(C(C)(C)C)cc1)/C(OC)=C(\N=CN)C(=O)N1CCC(N2CCC(N(C)S(C)(=O)=O)CC2)CC1. The van der Waals surface area contributed by atoms with Gasteiger partial charge >= 0.3 is 0 Å². The zero-order valence-corrected chi connectivity index (χ0v) is 26.3. The fourth-order valence-electron chi connectivity index (χ4n) is 5.53. The molecule has 228 valence electrons. The Bertz CT molecular complexity index is 1220. The smallest absolute Gasteiger partial charge is 0.276 e. The van der Waals surface area contributed by atoms with Crippen molar-refractivity contribution in [1.82, 2.24) is 19.4 Å². The average molecular weight is 589 g/mol. The summed E-state index contributed by atoms with van der Waals surface area (Å²) >= 11 is 0. The zero-order valence-electron chi connectivity index (χ0n) is 25.5. The van der Waals surface area contributed by atoms with Crippen LogP contribution in [0.3, 0.4) is 0 Å². The number of hydrogen-bond donors (Lipinski definition) is 2. The number of sulfonamides is 1. The van der Waals surface area contributed by atoms with Crippen LogP contribution in [0.15, 0.2) is 53.0 Å². The molecule has 2 fully saturated rings. The number of carbonyl (C=O) groups is 1. The molecule has 2 aliphatic rings. The molecule has 11 heteroatoms. The van der Waals surface area contributed by atoms with Gasteiger partial charge in [-0.25, -0.2) is 17.7 Å². The summed E-state index contributed by atoms with van der Waals surface area (Å²) in [5.74, 6) is 0.0233. The number of likely N-dealkylation sites (tertiary alicyclic amines) is 2. The van der Waals surface area contributed by atoms with Gasteiger partial charge in [0.05, 0.1) is 25.4 Å². The van der Waals surface area contributed by atoms with Crippen molar-refractivity contribution in [3.8, 4) is 0 Å². The number of aliphatic imine (C=N–C) groups is 1. The van der Waals surface area contributed by atoms with Crippen molar-refractivity contribution in [1.29, 1.82) is 0 Å². The van der Waals surface area contributed by atoms with Crippen LogP contribution >= 0.6 is 0 Å². The molecule has 0 radical (unpaired) electrons. The van der Waals surface area contributed by atoms with Crippen LogP contribution < -0.4 is 11.1 Å². The number of benzene rings is 1. The minimum Gasteiger partial charge on any atom is -0.492 e. The first-order valence-electron chi connectivity index (χ1n) is 14.3. The molecule has 0 aromatic heterocycles. The molecule has 1 aromatic carbocycles. The highest BCUT2D eigenvalue weighted by molar-refractivity contribution is 7.88. The Morgan fingerprint density at radius 1 is 1.15 bits per heavy atom. The normalized spacial score (nSPS) is 19.0. The minimum absolute atomic E-state index is 0.0433. The van der Waals surface area contributed by atoms with Gasteiger partial charge in [0.15, 0.2) is 11.5 Å². The Kier molecular flexibility index (Phi) is 11.0. The van der Waals surface area contributed by atoms with E-state index in [-0.39, 0.29) is 28.8 Å². The molecule has 0 saturated carbocycles. The van der Waals surface area contributed by atoms with Crippen molar-refractivity contribution in [3.63, 3.8) is 0 Å². The number of nitrogens with one attached hydrogen (secondary N) is 1. The number of amides is 1. The molecule has 3 N–H and O–H groups in total. The van der Waals surface area contributed by atoms with Crippen molar-refractivity contribution in [2.45, 2.75) is 70.5 Å². The number of carbonyl (C=O) groups excluding carboxylic acids is 1. The van der Waals surface area contributed by atoms with Gasteiger partial charge < -0.3 is 25.6 Å². The molecular weight excluding hydrogens is 540 g/mol. The maximum atomic E-state index is 13.6. The van der Waals surface area contributed by atoms with Gasteiger partial charge in [-0.1, -0.05) is 51.6 Å². The van der Waals surface area contributed by atoms with Crippen molar-refractivity contribution >= 4 is 22.3 Å². The molecule has 2 saturated heterocycles. The molecule has 0 aliphatic carbocycles. The van der Waals surface area contributed by atoms with E-state index in [4.69, 9.17) is 10.5 Å². The molecule has 3 rings (SSSR count). The number of rotatable bonds is 10. The molecule has 0 spiro atoms. The first kappa shape index (κ1) is 32.6. The Hall–Kier alpha value is -2.89. The maximum Gasteiger partial charge on any atom is 0.276 e. The number of ether oxygens (including phenoxy) is 1. The summed E-state index contributed by atoms with van der Waals surface area (Å²) in [6.07, 6.45) is 5.67. The van der Waals surface area contributed by atoms with E-state index >= 15 is 0 Å². The lowest BCUT2D eigenvalue weighted by atomic mass is 9.87. The zero-order chi connectivity index (χ0) is 30.4. The topological polar surface area (TPSA) is 121 Å². The highest BCUT2D eigenvalue weighted by Gasteiger charge is 2.33. The van der Waals surface area contributed by atoms with Crippen molar-refractivity contribution in [2.24, 2.45) is 10.7 Å². The van der Waals surface area contributed by atoms with E-state index in [1.54, 1.807) is 11.9 Å². The largest absolute Gasteiger partial charge is 0.492 e. The van der Waals surface area contributed by atoms with E-state index < -0.39 is 10.0 Å². The Balaban J connectivity index is 1.60. The first-order chi connectivity index (χ1) is 19.3. The van der Waals surface area contributed by atoms with E-state index in [2.05, 4.69) is 66.8 Å². The molecule has 2 aliphatic heterocycles. The van der Waals surface area contributed by atoms with E-state index in [9.17, 15) is 13.2 Å². The molecule has 2 heterocycles. The van der Waals surface area contributed by atoms with Crippen LogP contribution in [0, 0.1) is 0 Å². The predicted molar refractivity (Wildman–Crippen MR) is 165 cm³/mol. The second-order valence-electron chi connectivity index (χ2n) is 12.0. The third-order valence-electron chi connectivity index (χ3n) is 8.23. The van der Waals surface area contributed by atoms with Crippen molar-refractivity contribution in [3.05, 3.63) is 59.1 Å². The molecule has 1 aromatic rings. The molecule has 0 unspecified atom stereocenters. The lowest BCUT2D eigenvalue weighted by Crippen LogP contribution is -2.52. The first-order valence-corrected chi connectivity index (χ1v) is 16.1. The Morgan fingerprint density at radius 3 is 2.22 bits per heavy atom. The maximum absolute atomic E-state index is 13.6. The summed E-state index contributed by atoms with van der Waals surface area (Å²) in [4.78, 5) is 22.0. The highest BCUT2D eigenvalue weighted by Crippen LogP contribution is 2.26. The van der Waals surface area contributed by atoms with Crippen LogP contribution in [0.5, 0.6) is 0 Å². The summed E-state index contributed by atoms with van der Waals surface area (Å²) in [7, 11) is -0.0289. The van der Waals surface area contributed by atoms with Crippen LogP contribution in [0.4, 0.5) is 0 Å². The van der Waals surface area contributed by atoms with E-state index in [1.807, 2.05) is 0 Å². The second-order valence-corrected chi connectivity index (χ2v) is 14.1. The van der Waals surface area contributed by atoms with Crippen LogP contribution in [-0.4, -0.2) is 93.4 Å². The standard InChI is InChI=1S/C30H48N6O4S/c1-22(32-20-23-8-10-24(11-9-23)30(2,3)4)28(40-6)27(33-21-31)29(37)36-18-14-26(15-19-36)35-16-12-25(13-17-35)34(5)41(7,38)39/h8-11,21,25-26,32H,1,12-20H2,2-7H3,(H2,31,33)/b28-27+. The van der Waals surface area contributed by atoms with Crippen LogP contribution in [0.1, 0.15) is 57.6 Å². The monoisotopic (exact) mass is 588 g/mol. The van der Waals surface area contributed by atoms with Gasteiger partial charge in [0.1, 0.15) is 0 Å². The van der Waals surface area contributed by atoms with Gasteiger partial charge in [0.25, 0.3) is 5.91 Å². The van der Waals surface area contributed by atoms with Gasteiger partial charge in [-0.05, 0) is 55.3 Å². The number of nitrogens with zero attached hydrogens (tertiary/aromatic N) is 4. The molecule has 41 heavy (non-hydrogen) atoms. The van der Waals surface area contributed by atoms with Gasteiger partial charge in [0, 0.05) is 38.8 Å². The minimum atomic E-state index is -3.19. The third kappa shape index (κ3) is 8.56. The molecule has 1 amide bonds. The fourth-order valence-corrected chi connectivity index (χ4v) is 6.28. The van der Waals surface area contributed by atoms with Crippen molar-refractivity contribution in [2.75, 3.05) is 46.6 Å². The van der Waals surface area contributed by atoms with Gasteiger partial charge in [-0.3, -0.25) is 4.79 Å². The quantitative estimate of drug-likeness (QED) is 0.142. The third-order valence-corrected chi connectivity index (χ3v) is 9.57. The highest BCUT2D eigenvalue weighted by atomic mass is 32.2. The summed E-state index contributed by atoms with van der Waals surface area (Å²) in [5, 5.41) is 3.27. The summed E-state index contributed by atoms with van der Waals surface area (Å²) in [6, 6.07) is 8.81. The van der Waals surface area contributed by atoms with Gasteiger partial charge in [-0.15, -0.1) is 0 Å². The van der Waals surface area contributed by atoms with Crippen LogP contribution in [-0.2, 0) is 31.5 Å². The number of methoxy groups -OCH3 is 1. The molecular formula is C30H48N6O4S. The average Bonchev–Trinajstić information content (AvgIpc) is 2.94. The van der Waals surface area contributed by atoms with Gasteiger partial charge in [0.2, 0.25) is 10.0 Å². The predicted octanol–water partition coefficient (Wildman–Crippen LogP) is 2.78. The van der Waals surface area contributed by atoms with E-state index in [0.717, 1.165) is 50.7 Å². The Labute approximate surface area is 246 Å². The number of piperidine rings is 2. The second kappa shape index (κ2) is 13.8.